The van der Waals surface area contributed by atoms with Crippen LogP contribution in [0.1, 0.15) is 25.5 Å². The van der Waals surface area contributed by atoms with Gasteiger partial charge in [0.2, 0.25) is 11.8 Å². The molecule has 2 rings (SSSR count). The van der Waals surface area contributed by atoms with Crippen molar-refractivity contribution in [2.75, 3.05) is 11.5 Å². The van der Waals surface area contributed by atoms with Crippen LogP contribution in [0.2, 0.25) is 0 Å². The van der Waals surface area contributed by atoms with Crippen LogP contribution in [0, 0.1) is 13.0 Å². The number of anilines is 1. The van der Waals surface area contributed by atoms with Gasteiger partial charge < -0.3 is 5.73 Å². The third kappa shape index (κ3) is 3.09. The summed E-state index contributed by atoms with van der Waals surface area (Å²) >= 11 is 1.01. The van der Waals surface area contributed by atoms with Crippen LogP contribution < -0.4 is 11.3 Å². The van der Waals surface area contributed by atoms with E-state index in [-0.39, 0.29) is 22.7 Å². The van der Waals surface area contributed by atoms with E-state index in [0.717, 1.165) is 22.9 Å². The van der Waals surface area contributed by atoms with Gasteiger partial charge >= 0.3 is 5.24 Å². The Labute approximate surface area is 139 Å². The fourth-order valence-corrected chi connectivity index (χ4v) is 3.00. The number of carbonyl (C=O) groups excluding carboxylic acids is 1. The fourth-order valence-electron chi connectivity index (χ4n) is 2.47. The molecule has 0 aliphatic heterocycles. The second-order valence-electron chi connectivity index (χ2n) is 5.44. The Bertz CT molecular complexity index is 803. The first kappa shape index (κ1) is 17.1. The van der Waals surface area contributed by atoms with E-state index in [2.05, 4.69) is 12.7 Å². The highest BCUT2D eigenvalue weighted by molar-refractivity contribution is 8.13. The molecule has 0 unspecified atom stereocenters. The number of carbonyl (C=O) groups is 1. The highest BCUT2D eigenvalue weighted by Gasteiger charge is 2.26. The van der Waals surface area contributed by atoms with E-state index in [4.69, 9.17) is 5.73 Å². The molecule has 0 aliphatic carbocycles. The number of nitrogens with two attached hydrogens (primary N) is 1. The van der Waals surface area contributed by atoms with Gasteiger partial charge in [0.05, 0.1) is 5.56 Å². The minimum Gasteiger partial charge on any atom is -0.383 e. The molecule has 0 saturated heterocycles. The quantitative estimate of drug-likeness (QED) is 0.871. The molecule has 0 bridgehead atoms. The number of aromatic nitrogens is 2. The number of thioether (sulfide) groups is 1. The second-order valence-corrected chi connectivity index (χ2v) is 6.36. The number of aryl methyl sites for hydroxylation is 1. The van der Waals surface area contributed by atoms with Crippen LogP contribution in [0.15, 0.2) is 35.6 Å². The Balaban J connectivity index is 2.72. The van der Waals surface area contributed by atoms with Gasteiger partial charge in [-0.25, -0.2) is 4.68 Å². The van der Waals surface area contributed by atoms with Gasteiger partial charge in [-0.1, -0.05) is 24.3 Å². The minimum atomic E-state index is -0.315. The molecule has 1 aromatic heterocycles. The Morgan fingerprint density at radius 1 is 1.39 bits per heavy atom. The predicted octanol–water partition coefficient (Wildman–Crippen LogP) is 3.48. The van der Waals surface area contributed by atoms with Crippen LogP contribution in [0.3, 0.4) is 0 Å². The standard InChI is InChI=1S/C17H19N3O2S/c1-5-10-23-17(22)20-15(18)14(16(21)19(20)11(2)3)13-9-7-6-8-12(13)4/h6-9,11H,1,10H2,2-4H3,(H-,18,21)/p+1. The summed E-state index contributed by atoms with van der Waals surface area (Å²) in [6.07, 6.45) is 2.65. The molecule has 0 amide bonds. The maximum Gasteiger partial charge on any atom is 0.311 e. The van der Waals surface area contributed by atoms with Crippen LogP contribution in [0.25, 0.3) is 11.1 Å². The molecule has 0 fully saturated rings. The van der Waals surface area contributed by atoms with Gasteiger partial charge in [-0.3, -0.25) is 9.59 Å². The van der Waals surface area contributed by atoms with Gasteiger partial charge in [0.15, 0.2) is 0 Å². The lowest BCUT2D eigenvalue weighted by Crippen LogP contribution is -2.28. The van der Waals surface area contributed by atoms with Gasteiger partial charge in [-0.2, -0.15) is 4.68 Å². The normalized spacial score (nSPS) is 10.8. The lowest BCUT2D eigenvalue weighted by molar-refractivity contribution is 0.254. The summed E-state index contributed by atoms with van der Waals surface area (Å²) in [5, 5.41) is -0.315. The fraction of sp³-hybridized carbons (Fsp3) is 0.294. The summed E-state index contributed by atoms with van der Waals surface area (Å²) in [5.74, 6) is 0.502. The van der Waals surface area contributed by atoms with E-state index in [0.29, 0.717) is 11.3 Å². The van der Waals surface area contributed by atoms with Gasteiger partial charge in [0.1, 0.15) is 12.4 Å². The van der Waals surface area contributed by atoms with Gasteiger partial charge in [0, 0.05) is 6.04 Å². The van der Waals surface area contributed by atoms with Crippen molar-refractivity contribution < 1.29 is 4.79 Å². The highest BCUT2D eigenvalue weighted by atomic mass is 32.2. The van der Waals surface area contributed by atoms with E-state index in [1.807, 2.05) is 45.0 Å². The molecule has 23 heavy (non-hydrogen) atoms. The maximum absolute atomic E-state index is 12.9. The van der Waals surface area contributed by atoms with Crippen molar-refractivity contribution >= 4 is 22.8 Å². The molecule has 5 nitrogen and oxygen atoms in total. The average Bonchev–Trinajstić information content (AvgIpc) is 2.77. The molecular formula is C17H20N3O2S+. The predicted molar refractivity (Wildman–Crippen MR) is 95.8 cm³/mol. The largest absolute Gasteiger partial charge is 0.383 e. The molecule has 0 aliphatic rings. The summed E-state index contributed by atoms with van der Waals surface area (Å²) in [6, 6.07) is 7.30. The van der Waals surface area contributed by atoms with Gasteiger partial charge in [-0.05, 0) is 43.7 Å². The highest BCUT2D eigenvalue weighted by Crippen LogP contribution is 2.28. The summed E-state index contributed by atoms with van der Waals surface area (Å²) < 4.78 is 2.66. The lowest BCUT2D eigenvalue weighted by Gasteiger charge is -2.12. The zero-order chi connectivity index (χ0) is 17.1. The SMILES string of the molecule is C=[C+]CSC(=O)n1c(N)c(-c2ccccc2C)c(=O)n1C(C)C. The lowest BCUT2D eigenvalue weighted by atomic mass is 10.0. The summed E-state index contributed by atoms with van der Waals surface area (Å²) in [5.41, 5.74) is 7.98. The third-order valence-electron chi connectivity index (χ3n) is 3.50. The van der Waals surface area contributed by atoms with Crippen molar-refractivity contribution in [2.24, 2.45) is 0 Å². The van der Waals surface area contributed by atoms with Crippen LogP contribution in [-0.4, -0.2) is 20.4 Å². The molecule has 1 heterocycles. The average molecular weight is 330 g/mol. The summed E-state index contributed by atoms with van der Waals surface area (Å²) in [4.78, 5) is 25.3. The first-order valence-corrected chi connectivity index (χ1v) is 8.24. The molecule has 0 spiro atoms. The zero-order valence-corrected chi connectivity index (χ0v) is 14.3. The number of nitrogen functional groups attached to an aromatic ring is 1. The van der Waals surface area contributed by atoms with Crippen LogP contribution in [0.4, 0.5) is 10.6 Å². The number of nitrogens with zero attached hydrogens (tertiary/aromatic N) is 2. The zero-order valence-electron chi connectivity index (χ0n) is 13.5. The van der Waals surface area contributed by atoms with Crippen molar-refractivity contribution in [3.63, 3.8) is 0 Å². The van der Waals surface area contributed by atoms with E-state index in [1.54, 1.807) is 0 Å². The first-order chi connectivity index (χ1) is 10.9. The molecule has 6 heteroatoms. The molecule has 120 valence electrons. The van der Waals surface area contributed by atoms with E-state index < -0.39 is 0 Å². The monoisotopic (exact) mass is 330 g/mol. The van der Waals surface area contributed by atoms with Crippen molar-refractivity contribution in [1.29, 1.82) is 0 Å². The molecule has 1 aromatic carbocycles. The maximum atomic E-state index is 12.9. The Kier molecular flexibility index (Phi) is 5.08. The van der Waals surface area contributed by atoms with E-state index in [1.165, 1.54) is 9.36 Å². The Morgan fingerprint density at radius 3 is 2.61 bits per heavy atom. The smallest absolute Gasteiger partial charge is 0.311 e. The van der Waals surface area contributed by atoms with Crippen LogP contribution >= 0.6 is 11.8 Å². The van der Waals surface area contributed by atoms with Crippen molar-refractivity contribution in [1.82, 2.24) is 9.36 Å². The van der Waals surface area contributed by atoms with Crippen LogP contribution in [0.5, 0.6) is 0 Å². The molecule has 0 saturated carbocycles. The molecule has 0 radical (unpaired) electrons. The molecule has 2 aromatic rings. The topological polar surface area (TPSA) is 70.0 Å². The number of hydrogen-bond donors (Lipinski definition) is 1. The van der Waals surface area contributed by atoms with Crippen molar-refractivity contribution in [3.8, 4) is 11.1 Å². The van der Waals surface area contributed by atoms with Crippen LogP contribution in [-0.2, 0) is 0 Å². The Morgan fingerprint density at radius 2 is 2.04 bits per heavy atom. The first-order valence-electron chi connectivity index (χ1n) is 7.26. The van der Waals surface area contributed by atoms with Gasteiger partial charge in [0.25, 0.3) is 5.56 Å². The van der Waals surface area contributed by atoms with Gasteiger partial charge in [-0.15, -0.1) is 0 Å². The number of benzene rings is 1. The molecule has 0 atom stereocenters. The summed E-state index contributed by atoms with van der Waals surface area (Å²) in [7, 11) is 0. The molecular weight excluding hydrogens is 310 g/mol. The second kappa shape index (κ2) is 6.86. The summed E-state index contributed by atoms with van der Waals surface area (Å²) in [6.45, 7) is 9.08. The number of hydrogen-bond acceptors (Lipinski definition) is 4. The minimum absolute atomic E-state index is 0.166. The van der Waals surface area contributed by atoms with E-state index >= 15 is 0 Å². The van der Waals surface area contributed by atoms with Crippen molar-refractivity contribution in [2.45, 2.75) is 26.8 Å². The van der Waals surface area contributed by atoms with E-state index in [9.17, 15) is 9.59 Å². The number of rotatable bonds is 4. The third-order valence-corrected chi connectivity index (χ3v) is 4.26. The molecule has 2 N–H and O–H groups in total. The Hall–Kier alpha value is -2.30. The van der Waals surface area contributed by atoms with Crippen molar-refractivity contribution in [3.05, 3.63) is 52.8 Å².